The molecule has 1 saturated heterocycles. The van der Waals surface area contributed by atoms with Gasteiger partial charge >= 0.3 is 0 Å². The van der Waals surface area contributed by atoms with Crippen LogP contribution in [0.2, 0.25) is 5.02 Å². The lowest BCUT2D eigenvalue weighted by molar-refractivity contribution is -1.02. The maximum atomic E-state index is 6.21. The molecule has 0 saturated carbocycles. The van der Waals surface area contributed by atoms with Crippen molar-refractivity contribution in [3.8, 4) is 0 Å². The van der Waals surface area contributed by atoms with Crippen LogP contribution < -0.4 is 9.80 Å². The number of piperazine rings is 1. The highest BCUT2D eigenvalue weighted by Gasteiger charge is 2.24. The zero-order valence-electron chi connectivity index (χ0n) is 15.3. The summed E-state index contributed by atoms with van der Waals surface area (Å²) in [6, 6.07) is 16.7. The lowest BCUT2D eigenvalue weighted by atomic mass is 10.2. The van der Waals surface area contributed by atoms with Crippen LogP contribution in [0.5, 0.6) is 0 Å². The van der Waals surface area contributed by atoms with E-state index >= 15 is 0 Å². The second kappa shape index (κ2) is 7.78. The Morgan fingerprint density at radius 1 is 1.00 bits per heavy atom. The van der Waals surface area contributed by atoms with Crippen LogP contribution in [0.4, 0.5) is 0 Å². The number of benzene rings is 2. The molecule has 0 bridgehead atoms. The fraction of sp³-hybridized carbons (Fsp3) is 0.381. The molecule has 0 amide bonds. The number of halogens is 1. The van der Waals surface area contributed by atoms with Crippen molar-refractivity contribution < 1.29 is 9.80 Å². The molecule has 5 heteroatoms. The number of likely N-dealkylation sites (N-methyl/N-ethyl adjacent to an activating group) is 1. The van der Waals surface area contributed by atoms with Crippen LogP contribution >= 0.6 is 11.6 Å². The normalized spacial score (nSPS) is 20.5. The predicted molar refractivity (Wildman–Crippen MR) is 106 cm³/mol. The summed E-state index contributed by atoms with van der Waals surface area (Å²) < 4.78 is 2.37. The number of nitrogens with zero attached hydrogens (tertiary/aromatic N) is 2. The molecule has 0 spiro atoms. The molecule has 1 aliphatic heterocycles. The average Bonchev–Trinajstić information content (AvgIpc) is 2.99. The SMILES string of the molecule is CC[NH+]1CC[NH+](Cc2nc3cc(Cl)ccc3n2Cc2ccccc2)CC1. The Kier molecular flexibility index (Phi) is 5.25. The highest BCUT2D eigenvalue weighted by atomic mass is 35.5. The Morgan fingerprint density at radius 2 is 1.73 bits per heavy atom. The van der Waals surface area contributed by atoms with Crippen molar-refractivity contribution in [1.82, 2.24) is 9.55 Å². The van der Waals surface area contributed by atoms with Crippen LogP contribution in [-0.2, 0) is 13.1 Å². The first kappa shape index (κ1) is 17.5. The Hall–Kier alpha value is -1.88. The topological polar surface area (TPSA) is 26.7 Å². The summed E-state index contributed by atoms with van der Waals surface area (Å²) in [7, 11) is 0. The number of imidazole rings is 1. The third kappa shape index (κ3) is 3.78. The molecule has 2 heterocycles. The van der Waals surface area contributed by atoms with E-state index in [1.54, 1.807) is 9.80 Å². The molecule has 136 valence electrons. The van der Waals surface area contributed by atoms with Crippen LogP contribution in [0.1, 0.15) is 18.3 Å². The highest BCUT2D eigenvalue weighted by Crippen LogP contribution is 2.21. The lowest BCUT2D eigenvalue weighted by Crippen LogP contribution is -3.27. The van der Waals surface area contributed by atoms with E-state index in [2.05, 4.69) is 47.9 Å². The van der Waals surface area contributed by atoms with Crippen LogP contribution in [0, 0.1) is 0 Å². The zero-order valence-corrected chi connectivity index (χ0v) is 16.1. The average molecular weight is 371 g/mol. The van der Waals surface area contributed by atoms with Crippen LogP contribution in [0.3, 0.4) is 0 Å². The minimum atomic E-state index is 0.751. The van der Waals surface area contributed by atoms with Gasteiger partial charge in [-0.1, -0.05) is 41.9 Å². The van der Waals surface area contributed by atoms with E-state index < -0.39 is 0 Å². The molecule has 0 atom stereocenters. The van der Waals surface area contributed by atoms with Gasteiger partial charge in [0.25, 0.3) is 0 Å². The van der Waals surface area contributed by atoms with Crippen LogP contribution in [0.15, 0.2) is 48.5 Å². The van der Waals surface area contributed by atoms with Crippen molar-refractivity contribution in [3.63, 3.8) is 0 Å². The van der Waals surface area contributed by atoms with Gasteiger partial charge in [-0.25, -0.2) is 4.98 Å². The Morgan fingerprint density at radius 3 is 2.46 bits per heavy atom. The summed E-state index contributed by atoms with van der Waals surface area (Å²) in [5, 5.41) is 0.751. The van der Waals surface area contributed by atoms with Crippen molar-refractivity contribution in [2.24, 2.45) is 0 Å². The number of quaternary nitrogens is 2. The third-order valence-electron chi connectivity index (χ3n) is 5.55. The van der Waals surface area contributed by atoms with E-state index in [0.717, 1.165) is 23.6 Å². The first-order chi connectivity index (χ1) is 12.7. The molecule has 0 radical (unpaired) electrons. The standard InChI is InChI=1S/C21H25ClN4/c1-2-24-10-12-25(13-11-24)16-21-23-19-14-18(22)8-9-20(19)26(21)15-17-6-4-3-5-7-17/h3-9,14H,2,10-13,15-16H2,1H3/p+2. The molecule has 0 aliphatic carbocycles. The Balaban J connectivity index is 1.63. The smallest absolute Gasteiger partial charge is 0.165 e. The van der Waals surface area contributed by atoms with E-state index in [4.69, 9.17) is 16.6 Å². The molecule has 3 aromatic rings. The van der Waals surface area contributed by atoms with Crippen molar-refractivity contribution in [3.05, 3.63) is 64.9 Å². The fourth-order valence-corrected chi connectivity index (χ4v) is 4.11. The van der Waals surface area contributed by atoms with Gasteiger partial charge in [0.15, 0.2) is 5.82 Å². The molecule has 4 nitrogen and oxygen atoms in total. The van der Waals surface area contributed by atoms with Crippen molar-refractivity contribution in [2.45, 2.75) is 20.0 Å². The van der Waals surface area contributed by atoms with Gasteiger partial charge < -0.3 is 14.4 Å². The quantitative estimate of drug-likeness (QED) is 0.690. The summed E-state index contributed by atoms with van der Waals surface area (Å²) in [6.45, 7) is 10.3. The van der Waals surface area contributed by atoms with Crippen molar-refractivity contribution >= 4 is 22.6 Å². The highest BCUT2D eigenvalue weighted by molar-refractivity contribution is 6.31. The summed E-state index contributed by atoms with van der Waals surface area (Å²) in [5.74, 6) is 1.17. The first-order valence-electron chi connectivity index (χ1n) is 9.58. The van der Waals surface area contributed by atoms with E-state index in [9.17, 15) is 0 Å². The molecule has 1 aromatic heterocycles. The Bertz CT molecular complexity index is 866. The number of rotatable bonds is 5. The molecule has 1 fully saturated rings. The van der Waals surface area contributed by atoms with Gasteiger partial charge in [0.05, 0.1) is 17.6 Å². The Labute approximate surface area is 160 Å². The number of fused-ring (bicyclic) bond motifs is 1. The van der Waals surface area contributed by atoms with Gasteiger partial charge in [-0.2, -0.15) is 0 Å². The summed E-state index contributed by atoms with van der Waals surface area (Å²) in [6.07, 6.45) is 0. The monoisotopic (exact) mass is 370 g/mol. The van der Waals surface area contributed by atoms with Crippen molar-refractivity contribution in [1.29, 1.82) is 0 Å². The zero-order chi connectivity index (χ0) is 17.9. The molecular weight excluding hydrogens is 344 g/mol. The number of hydrogen-bond acceptors (Lipinski definition) is 1. The molecule has 2 N–H and O–H groups in total. The van der Waals surface area contributed by atoms with Gasteiger partial charge in [0.2, 0.25) is 0 Å². The molecule has 1 aliphatic rings. The number of aromatic nitrogens is 2. The first-order valence-corrected chi connectivity index (χ1v) is 9.96. The largest absolute Gasteiger partial charge is 0.326 e. The predicted octanol–water partition coefficient (Wildman–Crippen LogP) is 1.04. The fourth-order valence-electron chi connectivity index (χ4n) is 3.94. The van der Waals surface area contributed by atoms with E-state index in [0.29, 0.717) is 0 Å². The number of hydrogen-bond donors (Lipinski definition) is 2. The van der Waals surface area contributed by atoms with Crippen LogP contribution in [-0.4, -0.2) is 42.3 Å². The summed E-state index contributed by atoms with van der Waals surface area (Å²) in [4.78, 5) is 8.31. The summed E-state index contributed by atoms with van der Waals surface area (Å²) >= 11 is 6.21. The van der Waals surface area contributed by atoms with Gasteiger partial charge in [-0.3, -0.25) is 0 Å². The maximum Gasteiger partial charge on any atom is 0.165 e. The van der Waals surface area contributed by atoms with Gasteiger partial charge in [-0.05, 0) is 30.7 Å². The number of nitrogens with one attached hydrogen (secondary N) is 2. The second-order valence-corrected chi connectivity index (χ2v) is 7.70. The van der Waals surface area contributed by atoms with Gasteiger partial charge in [0.1, 0.15) is 32.7 Å². The minimum Gasteiger partial charge on any atom is -0.326 e. The minimum absolute atomic E-state index is 0.751. The third-order valence-corrected chi connectivity index (χ3v) is 5.78. The van der Waals surface area contributed by atoms with E-state index in [1.807, 2.05) is 12.1 Å². The molecular formula is C21H27ClN4+2. The summed E-state index contributed by atoms with van der Waals surface area (Å²) in [5.41, 5.74) is 3.48. The molecule has 4 rings (SSSR count). The molecule has 26 heavy (non-hydrogen) atoms. The van der Waals surface area contributed by atoms with Crippen LogP contribution in [0.25, 0.3) is 11.0 Å². The molecule has 2 aromatic carbocycles. The van der Waals surface area contributed by atoms with Crippen molar-refractivity contribution in [2.75, 3.05) is 32.7 Å². The van der Waals surface area contributed by atoms with E-state index in [1.165, 1.54) is 49.6 Å². The maximum absolute atomic E-state index is 6.21. The lowest BCUT2D eigenvalue weighted by Gasteiger charge is -2.28. The van der Waals surface area contributed by atoms with Gasteiger partial charge in [-0.15, -0.1) is 0 Å². The molecule has 0 unspecified atom stereocenters. The van der Waals surface area contributed by atoms with E-state index in [-0.39, 0.29) is 0 Å². The van der Waals surface area contributed by atoms with Gasteiger partial charge in [0, 0.05) is 11.6 Å². The second-order valence-electron chi connectivity index (χ2n) is 7.26.